The summed E-state index contributed by atoms with van der Waals surface area (Å²) < 4.78 is 0. The predicted molar refractivity (Wildman–Crippen MR) is 103 cm³/mol. The van der Waals surface area contributed by atoms with Crippen LogP contribution in [-0.4, -0.2) is 25.8 Å². The predicted octanol–water partition coefficient (Wildman–Crippen LogP) is 2.48. The van der Waals surface area contributed by atoms with Gasteiger partial charge in [-0.05, 0) is 43.2 Å². The molecule has 1 atom stereocenters. The van der Waals surface area contributed by atoms with Crippen molar-refractivity contribution in [1.29, 1.82) is 5.26 Å². The molecule has 1 aliphatic carbocycles. The maximum absolute atomic E-state index is 12.4. The van der Waals surface area contributed by atoms with Crippen molar-refractivity contribution in [2.24, 2.45) is 0 Å². The molecule has 25 heavy (non-hydrogen) atoms. The van der Waals surface area contributed by atoms with Crippen molar-refractivity contribution >= 4 is 34.0 Å². The summed E-state index contributed by atoms with van der Waals surface area (Å²) in [6.07, 6.45) is 5.17. The molecular formula is C19H22N3OS2+. The monoisotopic (exact) mass is 372 g/mol. The Hall–Kier alpha value is -1.81. The Bertz CT molecular complexity index is 805. The summed E-state index contributed by atoms with van der Waals surface area (Å²) in [4.78, 5) is 16.0. The number of amides is 1. The van der Waals surface area contributed by atoms with Gasteiger partial charge in [0.2, 0.25) is 0 Å². The number of carbonyl (C=O) groups excluding carboxylic acids is 1. The standard InChI is InChI=1S/C19H21N3OS2/c1-22(11-13-6-8-14(24-2)9-7-13)12-18(23)21-19-16(10-20)15-4-3-5-17(15)25-19/h6-9H,3-5,11-12H2,1-2H3,(H,21,23)/p+1. The summed E-state index contributed by atoms with van der Waals surface area (Å²) in [5.74, 6) is -0.0327. The van der Waals surface area contributed by atoms with Crippen molar-refractivity contribution in [1.82, 2.24) is 0 Å². The molecule has 1 aliphatic rings. The van der Waals surface area contributed by atoms with Crippen LogP contribution in [0.3, 0.4) is 0 Å². The highest BCUT2D eigenvalue weighted by Gasteiger charge is 2.23. The van der Waals surface area contributed by atoms with E-state index in [4.69, 9.17) is 0 Å². The van der Waals surface area contributed by atoms with Crippen LogP contribution in [0.25, 0.3) is 0 Å². The zero-order valence-corrected chi connectivity index (χ0v) is 16.1. The van der Waals surface area contributed by atoms with Gasteiger partial charge >= 0.3 is 0 Å². The molecular weight excluding hydrogens is 350 g/mol. The lowest BCUT2D eigenvalue weighted by Crippen LogP contribution is -3.08. The molecule has 0 saturated carbocycles. The zero-order valence-electron chi connectivity index (χ0n) is 14.5. The van der Waals surface area contributed by atoms with E-state index in [9.17, 15) is 10.1 Å². The van der Waals surface area contributed by atoms with Crippen LogP contribution in [0, 0.1) is 11.3 Å². The first-order valence-corrected chi connectivity index (χ1v) is 10.4. The van der Waals surface area contributed by atoms with E-state index in [0.717, 1.165) is 41.3 Å². The number of fused-ring (bicyclic) bond motifs is 1. The fourth-order valence-corrected chi connectivity index (χ4v) is 4.87. The number of thioether (sulfide) groups is 1. The number of hydrogen-bond donors (Lipinski definition) is 2. The Morgan fingerprint density at radius 1 is 1.36 bits per heavy atom. The van der Waals surface area contributed by atoms with E-state index in [1.807, 2.05) is 7.05 Å². The van der Waals surface area contributed by atoms with E-state index >= 15 is 0 Å². The summed E-state index contributed by atoms with van der Waals surface area (Å²) in [6.45, 7) is 1.19. The van der Waals surface area contributed by atoms with Gasteiger partial charge in [0.25, 0.3) is 5.91 Å². The minimum absolute atomic E-state index is 0.0327. The van der Waals surface area contributed by atoms with Gasteiger partial charge < -0.3 is 10.2 Å². The molecule has 1 amide bonds. The number of nitrogens with zero attached hydrogens (tertiary/aromatic N) is 1. The number of rotatable bonds is 6. The Labute approximate surface area is 156 Å². The molecule has 130 valence electrons. The largest absolute Gasteiger partial charge is 0.326 e. The number of benzene rings is 1. The zero-order chi connectivity index (χ0) is 17.8. The summed E-state index contributed by atoms with van der Waals surface area (Å²) in [5.41, 5.74) is 3.05. The molecule has 0 saturated heterocycles. The molecule has 3 rings (SSSR count). The fourth-order valence-electron chi connectivity index (χ4n) is 3.21. The number of carbonyl (C=O) groups is 1. The van der Waals surface area contributed by atoms with Gasteiger partial charge in [-0.25, -0.2) is 0 Å². The van der Waals surface area contributed by atoms with Crippen molar-refractivity contribution in [2.45, 2.75) is 30.7 Å². The van der Waals surface area contributed by atoms with Crippen LogP contribution in [0.5, 0.6) is 0 Å². The molecule has 1 unspecified atom stereocenters. The van der Waals surface area contributed by atoms with Crippen LogP contribution in [0.2, 0.25) is 0 Å². The highest BCUT2D eigenvalue weighted by Crippen LogP contribution is 2.38. The molecule has 4 nitrogen and oxygen atoms in total. The van der Waals surface area contributed by atoms with Crippen molar-refractivity contribution in [3.8, 4) is 6.07 Å². The highest BCUT2D eigenvalue weighted by molar-refractivity contribution is 7.98. The van der Waals surface area contributed by atoms with Gasteiger partial charge in [0.15, 0.2) is 6.54 Å². The van der Waals surface area contributed by atoms with Gasteiger partial charge in [0, 0.05) is 15.3 Å². The molecule has 1 heterocycles. The van der Waals surface area contributed by atoms with E-state index < -0.39 is 0 Å². The molecule has 2 N–H and O–H groups in total. The third-order valence-corrected chi connectivity index (χ3v) is 6.36. The van der Waals surface area contributed by atoms with E-state index in [-0.39, 0.29) is 5.91 Å². The molecule has 1 aromatic heterocycles. The summed E-state index contributed by atoms with van der Waals surface area (Å²) in [6, 6.07) is 10.7. The van der Waals surface area contributed by atoms with Crippen molar-refractivity contribution < 1.29 is 9.69 Å². The number of hydrogen-bond acceptors (Lipinski definition) is 4. The van der Waals surface area contributed by atoms with Crippen LogP contribution < -0.4 is 10.2 Å². The maximum Gasteiger partial charge on any atom is 0.280 e. The molecule has 0 radical (unpaired) electrons. The van der Waals surface area contributed by atoms with Crippen LogP contribution in [0.15, 0.2) is 29.2 Å². The van der Waals surface area contributed by atoms with E-state index in [1.54, 1.807) is 23.1 Å². The Balaban J connectivity index is 1.58. The third-order valence-electron chi connectivity index (χ3n) is 4.41. The van der Waals surface area contributed by atoms with Crippen LogP contribution in [0.1, 0.15) is 28.0 Å². The van der Waals surface area contributed by atoms with E-state index in [0.29, 0.717) is 12.1 Å². The molecule has 0 fully saturated rings. The third kappa shape index (κ3) is 4.24. The minimum Gasteiger partial charge on any atom is -0.326 e. The summed E-state index contributed by atoms with van der Waals surface area (Å²) in [5, 5.41) is 13.1. The average Bonchev–Trinajstić information content (AvgIpc) is 3.15. The first-order valence-electron chi connectivity index (χ1n) is 8.39. The normalized spacial score (nSPS) is 14.0. The smallest absolute Gasteiger partial charge is 0.280 e. The van der Waals surface area contributed by atoms with Crippen molar-refractivity contribution in [3.05, 3.63) is 45.8 Å². The second-order valence-electron chi connectivity index (χ2n) is 6.38. The van der Waals surface area contributed by atoms with Crippen LogP contribution >= 0.6 is 23.1 Å². The summed E-state index contributed by atoms with van der Waals surface area (Å²) >= 11 is 3.30. The molecule has 0 spiro atoms. The Kier molecular flexibility index (Phi) is 5.79. The number of quaternary nitrogens is 1. The van der Waals surface area contributed by atoms with Gasteiger partial charge in [-0.1, -0.05) is 12.1 Å². The summed E-state index contributed by atoms with van der Waals surface area (Å²) in [7, 11) is 2.02. The second-order valence-corrected chi connectivity index (χ2v) is 8.37. The fraction of sp³-hybridized carbons (Fsp3) is 0.368. The van der Waals surface area contributed by atoms with Gasteiger partial charge in [0.05, 0.1) is 12.6 Å². The van der Waals surface area contributed by atoms with Crippen LogP contribution in [0.4, 0.5) is 5.00 Å². The second kappa shape index (κ2) is 8.05. The lowest BCUT2D eigenvalue weighted by Gasteiger charge is -2.14. The number of likely N-dealkylation sites (N-methyl/N-ethyl adjacent to an activating group) is 1. The topological polar surface area (TPSA) is 57.3 Å². The lowest BCUT2D eigenvalue weighted by molar-refractivity contribution is -0.885. The number of anilines is 1. The van der Waals surface area contributed by atoms with Gasteiger partial charge in [-0.2, -0.15) is 5.26 Å². The van der Waals surface area contributed by atoms with Crippen molar-refractivity contribution in [2.75, 3.05) is 25.2 Å². The Morgan fingerprint density at radius 3 is 2.80 bits per heavy atom. The Morgan fingerprint density at radius 2 is 2.12 bits per heavy atom. The minimum atomic E-state index is -0.0327. The first kappa shape index (κ1) is 18.0. The first-order chi connectivity index (χ1) is 12.1. The number of nitrogens with one attached hydrogen (secondary N) is 2. The number of aryl methyl sites for hydroxylation is 1. The number of thiophene rings is 1. The average molecular weight is 373 g/mol. The molecule has 6 heteroatoms. The molecule has 2 aromatic rings. The quantitative estimate of drug-likeness (QED) is 0.766. The van der Waals surface area contributed by atoms with Crippen LogP contribution in [-0.2, 0) is 24.2 Å². The van der Waals surface area contributed by atoms with Crippen molar-refractivity contribution in [3.63, 3.8) is 0 Å². The SMILES string of the molecule is CSc1ccc(C[NH+](C)CC(=O)Nc2sc3c(c2C#N)CCC3)cc1. The lowest BCUT2D eigenvalue weighted by atomic mass is 10.1. The maximum atomic E-state index is 12.4. The number of nitriles is 1. The molecule has 0 bridgehead atoms. The molecule has 0 aliphatic heterocycles. The van der Waals surface area contributed by atoms with E-state index in [1.165, 1.54) is 15.3 Å². The van der Waals surface area contributed by atoms with Gasteiger partial charge in [-0.15, -0.1) is 23.1 Å². The van der Waals surface area contributed by atoms with Gasteiger partial charge in [-0.3, -0.25) is 4.79 Å². The molecule has 1 aromatic carbocycles. The van der Waals surface area contributed by atoms with E-state index in [2.05, 4.69) is 41.9 Å². The van der Waals surface area contributed by atoms with Gasteiger partial charge in [0.1, 0.15) is 17.6 Å². The highest BCUT2D eigenvalue weighted by atomic mass is 32.2.